The van der Waals surface area contributed by atoms with Gasteiger partial charge in [0.2, 0.25) is 5.36 Å². The van der Waals surface area contributed by atoms with Gasteiger partial charge in [-0.1, -0.05) is 24.8 Å². The fraction of sp³-hybridized carbons (Fsp3) is 0.395. The van der Waals surface area contributed by atoms with Gasteiger partial charge in [-0.2, -0.15) is 8.42 Å². The second kappa shape index (κ2) is 15.4. The van der Waals surface area contributed by atoms with Gasteiger partial charge in [-0.3, -0.25) is 4.55 Å². The first-order chi connectivity index (χ1) is 28.2. The predicted octanol–water partition coefficient (Wildman–Crippen LogP) is 6.08. The van der Waals surface area contributed by atoms with Crippen LogP contribution in [0.15, 0.2) is 46.7 Å². The molecular formula is C43H44F2N2O9S4. The second-order valence-electron chi connectivity index (χ2n) is 16.5. The van der Waals surface area contributed by atoms with Crippen LogP contribution < -0.4 is 24.8 Å². The van der Waals surface area contributed by atoms with E-state index >= 15 is 8.78 Å². The van der Waals surface area contributed by atoms with Crippen LogP contribution in [0.4, 0.5) is 14.5 Å². The van der Waals surface area contributed by atoms with E-state index < -0.39 is 81.8 Å². The molecule has 0 radical (unpaired) electrons. The number of nitrogens with zero attached hydrogens (tertiary/aromatic N) is 2. The highest BCUT2D eigenvalue weighted by molar-refractivity contribution is 8.03. The maximum Gasteiger partial charge on any atom is 0.342 e. The van der Waals surface area contributed by atoms with Crippen LogP contribution in [0.25, 0.3) is 17.7 Å². The molecule has 0 atom stereocenters. The van der Waals surface area contributed by atoms with Crippen molar-refractivity contribution in [3.63, 3.8) is 0 Å². The van der Waals surface area contributed by atoms with Crippen LogP contribution in [0, 0.1) is 11.6 Å². The van der Waals surface area contributed by atoms with Gasteiger partial charge in [-0.15, -0.1) is 23.5 Å². The summed E-state index contributed by atoms with van der Waals surface area (Å²) in [4.78, 5) is 15.6. The van der Waals surface area contributed by atoms with Crippen LogP contribution in [-0.4, -0.2) is 85.7 Å². The molecule has 0 saturated heterocycles. The van der Waals surface area contributed by atoms with Gasteiger partial charge in [0.1, 0.15) is 36.0 Å². The van der Waals surface area contributed by atoms with E-state index in [2.05, 4.69) is 55.9 Å². The van der Waals surface area contributed by atoms with Gasteiger partial charge in [0.25, 0.3) is 10.1 Å². The number of anilines is 1. The van der Waals surface area contributed by atoms with Crippen LogP contribution in [0.1, 0.15) is 84.3 Å². The summed E-state index contributed by atoms with van der Waals surface area (Å²) in [5, 5.41) is 1.38. The number of fused-ring (bicyclic) bond motifs is 4. The SMILES string of the molecule is C=CCOC(=O)c1c(F)c(SCCS(=O)(=O)O)c(SCCS(=O)(=O)[O-])c(F)c1C1=c2cc3c4c(c2Oc2c1cc1c5c2CCCN5C(C)(C)C=C1)CCC[N+]=4C(C)(C)C=C3. The number of hydrogen-bond acceptors (Lipinski definition) is 11. The van der Waals surface area contributed by atoms with Gasteiger partial charge >= 0.3 is 5.97 Å². The van der Waals surface area contributed by atoms with Crippen molar-refractivity contribution in [2.45, 2.75) is 74.2 Å². The number of thioether (sulfide) groups is 2. The predicted molar refractivity (Wildman–Crippen MR) is 229 cm³/mol. The molecule has 8 rings (SSSR count). The highest BCUT2D eigenvalue weighted by atomic mass is 32.2. The number of carbonyl (C=O) groups is 1. The molecule has 0 aliphatic carbocycles. The summed E-state index contributed by atoms with van der Waals surface area (Å²) in [6, 6.07) is 3.74. The Morgan fingerprint density at radius 3 is 2.37 bits per heavy atom. The zero-order valence-electron chi connectivity index (χ0n) is 33.5. The molecule has 0 bridgehead atoms. The number of hydrogen-bond donors (Lipinski definition) is 1. The summed E-state index contributed by atoms with van der Waals surface area (Å²) in [7, 11) is -9.33. The van der Waals surface area contributed by atoms with Crippen molar-refractivity contribution in [1.29, 1.82) is 0 Å². The van der Waals surface area contributed by atoms with Crippen molar-refractivity contribution in [2.24, 2.45) is 0 Å². The number of esters is 1. The average Bonchev–Trinajstić information content (AvgIpc) is 3.17. The van der Waals surface area contributed by atoms with Gasteiger partial charge in [-0.25, -0.2) is 26.6 Å². The number of carbonyl (C=O) groups excluding carboxylic acids is 1. The van der Waals surface area contributed by atoms with E-state index in [-0.39, 0.29) is 23.3 Å². The minimum atomic E-state index is -4.79. The van der Waals surface area contributed by atoms with Crippen LogP contribution in [-0.2, 0) is 37.8 Å². The molecule has 1 N–H and O–H groups in total. The minimum Gasteiger partial charge on any atom is -0.748 e. The van der Waals surface area contributed by atoms with Crippen molar-refractivity contribution in [3.8, 4) is 11.5 Å². The fourth-order valence-electron chi connectivity index (χ4n) is 8.95. The Labute approximate surface area is 356 Å². The molecule has 5 aliphatic rings. The van der Waals surface area contributed by atoms with Gasteiger partial charge in [-0.05, 0) is 63.0 Å². The number of rotatable bonds is 12. The lowest BCUT2D eigenvalue weighted by atomic mass is 9.80. The molecule has 0 saturated carbocycles. The average molecular weight is 899 g/mol. The Morgan fingerprint density at radius 2 is 1.67 bits per heavy atom. The summed E-state index contributed by atoms with van der Waals surface area (Å²) in [6.45, 7) is 13.3. The number of halogens is 2. The molecule has 60 heavy (non-hydrogen) atoms. The molecule has 0 fully saturated rings. The molecular weight excluding hydrogens is 855 g/mol. The third kappa shape index (κ3) is 7.52. The molecule has 318 valence electrons. The first-order valence-corrected chi connectivity index (χ1v) is 24.7. The maximum absolute atomic E-state index is 18.2. The lowest BCUT2D eigenvalue weighted by molar-refractivity contribution is 0.0542. The van der Waals surface area contributed by atoms with E-state index in [4.69, 9.17) is 9.47 Å². The van der Waals surface area contributed by atoms with E-state index in [1.165, 1.54) is 6.08 Å². The van der Waals surface area contributed by atoms with Crippen molar-refractivity contribution < 1.29 is 49.0 Å². The van der Waals surface area contributed by atoms with E-state index in [1.54, 1.807) is 0 Å². The molecule has 11 nitrogen and oxygen atoms in total. The summed E-state index contributed by atoms with van der Waals surface area (Å²) in [6.07, 6.45) is 12.3. The third-order valence-electron chi connectivity index (χ3n) is 11.6. The summed E-state index contributed by atoms with van der Waals surface area (Å²) >= 11 is 1.08. The smallest absolute Gasteiger partial charge is 0.342 e. The Balaban J connectivity index is 1.53. The minimum absolute atomic E-state index is 0.157. The summed E-state index contributed by atoms with van der Waals surface area (Å²) < 4.78 is 119. The van der Waals surface area contributed by atoms with Gasteiger partial charge in [0.15, 0.2) is 11.4 Å². The van der Waals surface area contributed by atoms with Gasteiger partial charge < -0.3 is 18.9 Å². The lowest BCUT2D eigenvalue weighted by Crippen LogP contribution is -2.52. The molecule has 5 heterocycles. The van der Waals surface area contributed by atoms with Crippen molar-refractivity contribution >= 4 is 73.1 Å². The van der Waals surface area contributed by atoms with E-state index in [1.807, 2.05) is 24.3 Å². The Bertz CT molecular complexity index is 2830. The zero-order chi connectivity index (χ0) is 43.1. The molecule has 17 heteroatoms. The number of benzene rings is 3. The molecule has 0 aromatic heterocycles. The zero-order valence-corrected chi connectivity index (χ0v) is 36.8. The van der Waals surface area contributed by atoms with E-state index in [9.17, 15) is 30.7 Å². The first kappa shape index (κ1) is 42.7. The topological polar surface area (TPSA) is 153 Å². The highest BCUT2D eigenvalue weighted by Gasteiger charge is 2.42. The Kier molecular flexibility index (Phi) is 11.0. The molecule has 3 aromatic rings. The Morgan fingerprint density at radius 1 is 0.983 bits per heavy atom. The lowest BCUT2D eigenvalue weighted by Gasteiger charge is -2.46. The van der Waals surface area contributed by atoms with Crippen molar-refractivity contribution in [1.82, 2.24) is 4.58 Å². The molecule has 0 spiro atoms. The summed E-state index contributed by atoms with van der Waals surface area (Å²) in [5.74, 6) is -5.37. The van der Waals surface area contributed by atoms with Crippen LogP contribution in [0.3, 0.4) is 0 Å². The monoisotopic (exact) mass is 898 g/mol. The molecule has 0 unspecified atom stereocenters. The van der Waals surface area contributed by atoms with Crippen LogP contribution >= 0.6 is 23.5 Å². The standard InChI is InChI=1S/C43H44F2N2O9S4/c1-6-17-55-41(48)32-31(33(44)39(57-18-20-59(49,50)51)40(34(32)45)58-19-21-60(52,53)54)30-28-22-24-11-13-42(2,3)46-15-7-9-26(35(24)46)37(28)56-38-27-10-8-16-47-36(27)25(23-29(30)38)12-14-43(47,4)5/h6,11-14,22-23H,1,7-10,15-21H2,2-5H3,(H-,49,50,51,52,53,54). The largest absolute Gasteiger partial charge is 0.748 e. The normalized spacial score (nSPS) is 18.0. The first-order valence-electron chi connectivity index (χ1n) is 19.6. The van der Waals surface area contributed by atoms with Crippen molar-refractivity contribution in [3.05, 3.63) is 98.1 Å². The Hall–Kier alpha value is -4.00. The van der Waals surface area contributed by atoms with Gasteiger partial charge in [0.05, 0.1) is 42.5 Å². The van der Waals surface area contributed by atoms with Gasteiger partial charge in [0, 0.05) is 77.1 Å². The number of ether oxygens (including phenoxy) is 2. The second-order valence-corrected chi connectivity index (χ2v) is 21.8. The molecule has 5 aliphatic heterocycles. The van der Waals surface area contributed by atoms with E-state index in [0.29, 0.717) is 58.6 Å². The molecule has 3 aromatic carbocycles. The third-order valence-corrected chi connectivity index (χ3v) is 15.9. The van der Waals surface area contributed by atoms with E-state index in [0.717, 1.165) is 59.2 Å². The quantitative estimate of drug-likeness (QED) is 0.0577. The van der Waals surface area contributed by atoms with Crippen molar-refractivity contribution in [2.75, 3.05) is 47.6 Å². The van der Waals surface area contributed by atoms with Crippen LogP contribution in [0.5, 0.6) is 11.5 Å². The summed E-state index contributed by atoms with van der Waals surface area (Å²) in [5.41, 5.74) is 3.07. The van der Waals surface area contributed by atoms with Crippen LogP contribution in [0.2, 0.25) is 0 Å². The maximum atomic E-state index is 18.2. The highest BCUT2D eigenvalue weighted by Crippen LogP contribution is 2.52. The fourth-order valence-corrected chi connectivity index (χ4v) is 12.9. The molecule has 0 amide bonds.